The number of hydrogen-bond donors (Lipinski definition) is 1. The Bertz CT molecular complexity index is 917. The minimum atomic E-state index is -4.46. The number of alkyl halides is 3. The van der Waals surface area contributed by atoms with Crippen LogP contribution in [0.15, 0.2) is 48.5 Å². The van der Waals surface area contributed by atoms with Gasteiger partial charge in [0.15, 0.2) is 0 Å². The molecule has 1 unspecified atom stereocenters. The van der Waals surface area contributed by atoms with Crippen molar-refractivity contribution in [1.82, 2.24) is 15.1 Å². The van der Waals surface area contributed by atoms with Gasteiger partial charge in [-0.25, -0.2) is 0 Å². The van der Waals surface area contributed by atoms with Gasteiger partial charge < -0.3 is 15.1 Å². The van der Waals surface area contributed by atoms with Crippen molar-refractivity contribution < 1.29 is 22.8 Å². The van der Waals surface area contributed by atoms with Gasteiger partial charge in [-0.1, -0.05) is 35.9 Å². The second-order valence-electron chi connectivity index (χ2n) is 7.83. The van der Waals surface area contributed by atoms with Crippen LogP contribution in [-0.2, 0) is 22.3 Å². The van der Waals surface area contributed by atoms with Crippen molar-refractivity contribution in [2.75, 3.05) is 27.2 Å². The Morgan fingerprint density at radius 2 is 1.72 bits per heavy atom. The standard InChI is InChI=1S/C23H27ClF3N3O2/c1-16(31)28-21(18-7-9-20(24)10-8-18)14-22(32)30(12-11-29(2)3)15-17-5-4-6-19(13-17)23(25,26)27/h4-10,13,21H,11-12,14-15H2,1-3H3,(H,28,31). The molecule has 0 aromatic heterocycles. The van der Waals surface area contributed by atoms with Crippen molar-refractivity contribution >= 4 is 23.4 Å². The molecule has 0 aliphatic rings. The fourth-order valence-corrected chi connectivity index (χ4v) is 3.30. The lowest BCUT2D eigenvalue weighted by Crippen LogP contribution is -2.39. The molecule has 1 N–H and O–H groups in total. The maximum absolute atomic E-state index is 13.2. The maximum atomic E-state index is 13.2. The van der Waals surface area contributed by atoms with E-state index in [-0.39, 0.29) is 24.8 Å². The van der Waals surface area contributed by atoms with Crippen LogP contribution in [0, 0.1) is 0 Å². The molecule has 2 aromatic rings. The van der Waals surface area contributed by atoms with Crippen LogP contribution in [0.4, 0.5) is 13.2 Å². The smallest absolute Gasteiger partial charge is 0.349 e. The van der Waals surface area contributed by atoms with Gasteiger partial charge in [-0.2, -0.15) is 13.2 Å². The summed E-state index contributed by atoms with van der Waals surface area (Å²) in [4.78, 5) is 28.3. The highest BCUT2D eigenvalue weighted by atomic mass is 35.5. The highest BCUT2D eigenvalue weighted by Crippen LogP contribution is 2.30. The third-order valence-corrected chi connectivity index (χ3v) is 5.08. The van der Waals surface area contributed by atoms with Crippen molar-refractivity contribution in [2.45, 2.75) is 32.1 Å². The van der Waals surface area contributed by atoms with E-state index in [4.69, 9.17) is 11.6 Å². The molecule has 0 bridgehead atoms. The zero-order chi connectivity index (χ0) is 23.9. The van der Waals surface area contributed by atoms with Gasteiger partial charge in [-0.05, 0) is 49.5 Å². The van der Waals surface area contributed by atoms with Crippen LogP contribution in [0.5, 0.6) is 0 Å². The van der Waals surface area contributed by atoms with E-state index in [2.05, 4.69) is 5.32 Å². The lowest BCUT2D eigenvalue weighted by atomic mass is 10.0. The molecule has 0 saturated carbocycles. The van der Waals surface area contributed by atoms with Gasteiger partial charge in [-0.3, -0.25) is 9.59 Å². The molecule has 0 spiro atoms. The largest absolute Gasteiger partial charge is 0.416 e. The molecule has 0 saturated heterocycles. The summed E-state index contributed by atoms with van der Waals surface area (Å²) in [7, 11) is 3.70. The van der Waals surface area contributed by atoms with E-state index in [0.717, 1.165) is 12.1 Å². The molecule has 9 heteroatoms. The second kappa shape index (κ2) is 11.3. The van der Waals surface area contributed by atoms with Gasteiger partial charge in [0.2, 0.25) is 11.8 Å². The van der Waals surface area contributed by atoms with Crippen molar-refractivity contribution in [1.29, 1.82) is 0 Å². The zero-order valence-electron chi connectivity index (χ0n) is 18.2. The van der Waals surface area contributed by atoms with Crippen LogP contribution in [0.2, 0.25) is 5.02 Å². The lowest BCUT2D eigenvalue weighted by Gasteiger charge is -2.27. The molecule has 1 atom stereocenters. The van der Waals surface area contributed by atoms with Gasteiger partial charge >= 0.3 is 6.18 Å². The fraction of sp³-hybridized carbons (Fsp3) is 0.391. The second-order valence-corrected chi connectivity index (χ2v) is 8.26. The summed E-state index contributed by atoms with van der Waals surface area (Å²) in [6, 6.07) is 11.2. The van der Waals surface area contributed by atoms with E-state index in [0.29, 0.717) is 29.2 Å². The van der Waals surface area contributed by atoms with Gasteiger partial charge in [0.1, 0.15) is 0 Å². The molecular formula is C23H27ClF3N3O2. The monoisotopic (exact) mass is 469 g/mol. The highest BCUT2D eigenvalue weighted by molar-refractivity contribution is 6.30. The molecule has 0 fully saturated rings. The van der Waals surface area contributed by atoms with E-state index in [1.165, 1.54) is 17.9 Å². The quantitative estimate of drug-likeness (QED) is 0.587. The Morgan fingerprint density at radius 1 is 1.06 bits per heavy atom. The van der Waals surface area contributed by atoms with Crippen LogP contribution in [-0.4, -0.2) is 48.8 Å². The zero-order valence-corrected chi connectivity index (χ0v) is 19.0. The maximum Gasteiger partial charge on any atom is 0.416 e. The van der Waals surface area contributed by atoms with Crippen LogP contribution >= 0.6 is 11.6 Å². The molecule has 2 amide bonds. The number of likely N-dealkylation sites (N-methyl/N-ethyl adjacent to an activating group) is 1. The van der Waals surface area contributed by atoms with Crippen molar-refractivity contribution in [3.05, 3.63) is 70.2 Å². The first-order valence-corrected chi connectivity index (χ1v) is 10.4. The normalized spacial score (nSPS) is 12.5. The van der Waals surface area contributed by atoms with Crippen LogP contribution in [0.3, 0.4) is 0 Å². The number of rotatable bonds is 9. The average molecular weight is 470 g/mol. The number of benzene rings is 2. The summed E-state index contributed by atoms with van der Waals surface area (Å²) >= 11 is 5.94. The lowest BCUT2D eigenvalue weighted by molar-refractivity contribution is -0.137. The number of carbonyl (C=O) groups excluding carboxylic acids is 2. The minimum absolute atomic E-state index is 0.0317. The van der Waals surface area contributed by atoms with E-state index >= 15 is 0 Å². The average Bonchev–Trinajstić information content (AvgIpc) is 2.70. The Labute approximate surface area is 191 Å². The minimum Gasteiger partial charge on any atom is -0.349 e. The first-order valence-electron chi connectivity index (χ1n) is 10.1. The van der Waals surface area contributed by atoms with E-state index < -0.39 is 17.8 Å². The first kappa shape index (κ1) is 25.7. The van der Waals surface area contributed by atoms with Gasteiger partial charge in [0, 0.05) is 31.6 Å². The third-order valence-electron chi connectivity index (χ3n) is 4.83. The van der Waals surface area contributed by atoms with Gasteiger partial charge in [-0.15, -0.1) is 0 Å². The summed E-state index contributed by atoms with van der Waals surface area (Å²) in [5.41, 5.74) is 0.339. The number of carbonyl (C=O) groups is 2. The molecular weight excluding hydrogens is 443 g/mol. The number of nitrogens with zero attached hydrogens (tertiary/aromatic N) is 2. The first-order chi connectivity index (χ1) is 15.0. The Balaban J connectivity index is 2.25. The number of halogens is 4. The van der Waals surface area contributed by atoms with Crippen LogP contribution < -0.4 is 5.32 Å². The van der Waals surface area contributed by atoms with Crippen molar-refractivity contribution in [2.24, 2.45) is 0 Å². The Morgan fingerprint density at radius 3 is 2.28 bits per heavy atom. The van der Waals surface area contributed by atoms with E-state index in [1.54, 1.807) is 30.3 Å². The predicted molar refractivity (Wildman–Crippen MR) is 118 cm³/mol. The Kier molecular flexibility index (Phi) is 9.09. The van der Waals surface area contributed by atoms with E-state index in [9.17, 15) is 22.8 Å². The highest BCUT2D eigenvalue weighted by Gasteiger charge is 2.30. The van der Waals surface area contributed by atoms with Gasteiger partial charge in [0.25, 0.3) is 0 Å². The van der Waals surface area contributed by atoms with Crippen molar-refractivity contribution in [3.8, 4) is 0 Å². The summed E-state index contributed by atoms with van der Waals surface area (Å²) in [6.45, 7) is 2.26. The predicted octanol–water partition coefficient (Wildman–Crippen LogP) is 4.52. The summed E-state index contributed by atoms with van der Waals surface area (Å²) in [5.74, 6) is -0.576. The number of hydrogen-bond acceptors (Lipinski definition) is 3. The molecule has 32 heavy (non-hydrogen) atoms. The molecule has 0 heterocycles. The van der Waals surface area contributed by atoms with Crippen LogP contribution in [0.1, 0.15) is 36.1 Å². The molecule has 2 rings (SSSR count). The molecule has 174 valence electrons. The number of nitrogens with one attached hydrogen (secondary N) is 1. The number of amides is 2. The molecule has 0 radical (unpaired) electrons. The summed E-state index contributed by atoms with van der Waals surface area (Å²) < 4.78 is 39.3. The fourth-order valence-electron chi connectivity index (χ4n) is 3.18. The molecule has 5 nitrogen and oxygen atoms in total. The molecule has 2 aromatic carbocycles. The van der Waals surface area contributed by atoms with Crippen molar-refractivity contribution in [3.63, 3.8) is 0 Å². The third kappa shape index (κ3) is 8.16. The Hall–Kier alpha value is -2.58. The summed E-state index contributed by atoms with van der Waals surface area (Å²) in [5, 5.41) is 3.30. The SMILES string of the molecule is CC(=O)NC(CC(=O)N(CCN(C)C)Cc1cccc(C(F)(F)F)c1)c1ccc(Cl)cc1. The molecule has 0 aliphatic carbocycles. The summed E-state index contributed by atoms with van der Waals surface area (Å²) in [6.07, 6.45) is -4.49. The van der Waals surface area contributed by atoms with Crippen LogP contribution in [0.25, 0.3) is 0 Å². The molecule has 0 aliphatic heterocycles. The van der Waals surface area contributed by atoms with Gasteiger partial charge in [0.05, 0.1) is 18.0 Å². The topological polar surface area (TPSA) is 52.7 Å². The van der Waals surface area contributed by atoms with E-state index in [1.807, 2.05) is 19.0 Å².